The van der Waals surface area contributed by atoms with Gasteiger partial charge in [0.25, 0.3) is 0 Å². The van der Waals surface area contributed by atoms with E-state index in [0.29, 0.717) is 6.04 Å². The zero-order valence-electron chi connectivity index (χ0n) is 6.17. The average molecular weight is 129 g/mol. The molecule has 2 atom stereocenters. The minimum atomic E-state index is 0.369. The van der Waals surface area contributed by atoms with Crippen molar-refractivity contribution in [2.75, 3.05) is 6.54 Å². The molecule has 0 aromatic carbocycles. The second-order valence-electron chi connectivity index (χ2n) is 3.14. The van der Waals surface area contributed by atoms with Gasteiger partial charge in [-0.3, -0.25) is 0 Å². The van der Waals surface area contributed by atoms with E-state index < -0.39 is 0 Å². The van der Waals surface area contributed by atoms with Crippen LogP contribution in [-0.4, -0.2) is 22.9 Å². The van der Waals surface area contributed by atoms with Crippen LogP contribution in [0.4, 0.5) is 0 Å². The molecule has 0 amide bonds. The second-order valence-corrected chi connectivity index (χ2v) is 3.14. The number of hydroxylamine groups is 2. The largest absolute Gasteiger partial charge is 0.314 e. The van der Waals surface area contributed by atoms with Crippen molar-refractivity contribution in [3.05, 3.63) is 0 Å². The Morgan fingerprint density at radius 2 is 2.11 bits per heavy atom. The van der Waals surface area contributed by atoms with Crippen LogP contribution in [-0.2, 0) is 0 Å². The summed E-state index contributed by atoms with van der Waals surface area (Å²) in [4.78, 5) is 0. The summed E-state index contributed by atoms with van der Waals surface area (Å²) in [5.41, 5.74) is 0. The quantitative estimate of drug-likeness (QED) is 0.535. The van der Waals surface area contributed by atoms with Gasteiger partial charge in [0.15, 0.2) is 0 Å². The zero-order valence-corrected chi connectivity index (χ0v) is 6.17. The standard InChI is InChI=1S/C7H15NO/c1-6-3-4-8(9)7(2)5-6/h6-7,9H,3-5H2,1-2H3. The SMILES string of the molecule is CC1CCN(O)C(C)C1. The van der Waals surface area contributed by atoms with Crippen LogP contribution in [0, 0.1) is 5.92 Å². The summed E-state index contributed by atoms with van der Waals surface area (Å²) in [5.74, 6) is 0.795. The van der Waals surface area contributed by atoms with Crippen LogP contribution in [0.1, 0.15) is 26.7 Å². The van der Waals surface area contributed by atoms with Crippen LogP contribution < -0.4 is 0 Å². The number of nitrogens with zero attached hydrogens (tertiary/aromatic N) is 1. The van der Waals surface area contributed by atoms with Gasteiger partial charge in [0.2, 0.25) is 0 Å². The Kier molecular flexibility index (Phi) is 2.09. The van der Waals surface area contributed by atoms with Crippen molar-refractivity contribution in [1.29, 1.82) is 0 Å². The Hall–Kier alpha value is -0.0800. The van der Waals surface area contributed by atoms with Crippen molar-refractivity contribution in [2.45, 2.75) is 32.7 Å². The fraction of sp³-hybridized carbons (Fsp3) is 1.00. The summed E-state index contributed by atoms with van der Waals surface area (Å²) in [7, 11) is 0. The van der Waals surface area contributed by atoms with E-state index in [1.165, 1.54) is 5.06 Å². The van der Waals surface area contributed by atoms with Crippen LogP contribution in [0.25, 0.3) is 0 Å². The third-order valence-corrected chi connectivity index (χ3v) is 2.10. The van der Waals surface area contributed by atoms with Gasteiger partial charge in [-0.25, -0.2) is 0 Å². The number of hydrogen-bond donors (Lipinski definition) is 1. The molecule has 1 aliphatic heterocycles. The van der Waals surface area contributed by atoms with Gasteiger partial charge in [0.05, 0.1) is 0 Å². The molecule has 0 aromatic rings. The van der Waals surface area contributed by atoms with Crippen LogP contribution in [0.15, 0.2) is 0 Å². The van der Waals surface area contributed by atoms with E-state index in [-0.39, 0.29) is 0 Å². The molecule has 2 heteroatoms. The van der Waals surface area contributed by atoms with Crippen molar-refractivity contribution >= 4 is 0 Å². The smallest absolute Gasteiger partial charge is 0.0324 e. The molecule has 0 spiro atoms. The van der Waals surface area contributed by atoms with Gasteiger partial charge < -0.3 is 5.21 Å². The minimum Gasteiger partial charge on any atom is -0.314 e. The lowest BCUT2D eigenvalue weighted by atomic mass is 9.95. The minimum absolute atomic E-state index is 0.369. The van der Waals surface area contributed by atoms with Gasteiger partial charge in [-0.05, 0) is 25.7 Å². The highest BCUT2D eigenvalue weighted by Gasteiger charge is 2.20. The molecule has 1 rings (SSSR count). The fourth-order valence-electron chi connectivity index (χ4n) is 1.39. The third kappa shape index (κ3) is 1.66. The molecule has 1 aliphatic rings. The summed E-state index contributed by atoms with van der Waals surface area (Å²) in [6.07, 6.45) is 2.28. The fourth-order valence-corrected chi connectivity index (χ4v) is 1.39. The van der Waals surface area contributed by atoms with Crippen molar-refractivity contribution in [3.8, 4) is 0 Å². The molecular weight excluding hydrogens is 114 g/mol. The normalized spacial score (nSPS) is 39.0. The third-order valence-electron chi connectivity index (χ3n) is 2.10. The molecule has 0 aromatic heterocycles. The summed E-state index contributed by atoms with van der Waals surface area (Å²) in [6.45, 7) is 5.15. The van der Waals surface area contributed by atoms with E-state index in [2.05, 4.69) is 13.8 Å². The number of rotatable bonds is 0. The van der Waals surface area contributed by atoms with Crippen molar-refractivity contribution < 1.29 is 5.21 Å². The van der Waals surface area contributed by atoms with Crippen LogP contribution in [0.2, 0.25) is 0 Å². The summed E-state index contributed by atoms with van der Waals surface area (Å²) in [5, 5.41) is 10.6. The molecule has 1 saturated heterocycles. The highest BCUT2D eigenvalue weighted by atomic mass is 16.5. The molecule has 0 saturated carbocycles. The van der Waals surface area contributed by atoms with E-state index in [4.69, 9.17) is 5.21 Å². The Bertz CT molecular complexity index is 94.9. The zero-order chi connectivity index (χ0) is 6.85. The molecular formula is C7H15NO. The van der Waals surface area contributed by atoms with E-state index >= 15 is 0 Å². The summed E-state index contributed by atoms with van der Waals surface area (Å²) in [6, 6.07) is 0.369. The van der Waals surface area contributed by atoms with E-state index in [9.17, 15) is 0 Å². The molecule has 2 unspecified atom stereocenters. The molecule has 0 aliphatic carbocycles. The van der Waals surface area contributed by atoms with Crippen molar-refractivity contribution in [3.63, 3.8) is 0 Å². The van der Waals surface area contributed by atoms with Gasteiger partial charge in [0, 0.05) is 12.6 Å². The highest BCUT2D eigenvalue weighted by Crippen LogP contribution is 2.19. The van der Waals surface area contributed by atoms with E-state index in [1.807, 2.05) is 0 Å². The second kappa shape index (κ2) is 2.67. The predicted octanol–water partition coefficient (Wildman–Crippen LogP) is 1.50. The van der Waals surface area contributed by atoms with E-state index in [1.54, 1.807) is 0 Å². The van der Waals surface area contributed by atoms with Gasteiger partial charge >= 0.3 is 0 Å². The van der Waals surface area contributed by atoms with Crippen LogP contribution in [0.5, 0.6) is 0 Å². The van der Waals surface area contributed by atoms with Crippen molar-refractivity contribution in [2.24, 2.45) is 5.92 Å². The number of piperidine rings is 1. The lowest BCUT2D eigenvalue weighted by molar-refractivity contribution is -0.143. The molecule has 0 bridgehead atoms. The monoisotopic (exact) mass is 129 g/mol. The number of hydrogen-bond acceptors (Lipinski definition) is 2. The first-order valence-corrected chi connectivity index (χ1v) is 3.65. The first-order chi connectivity index (χ1) is 4.20. The van der Waals surface area contributed by atoms with Crippen LogP contribution >= 0.6 is 0 Å². The summed E-state index contributed by atoms with van der Waals surface area (Å²) >= 11 is 0. The maximum absolute atomic E-state index is 9.13. The highest BCUT2D eigenvalue weighted by molar-refractivity contribution is 4.70. The molecule has 1 heterocycles. The lowest BCUT2D eigenvalue weighted by Gasteiger charge is -2.31. The molecule has 2 nitrogen and oxygen atoms in total. The molecule has 9 heavy (non-hydrogen) atoms. The Morgan fingerprint density at radius 3 is 2.56 bits per heavy atom. The Labute approximate surface area is 56.4 Å². The Morgan fingerprint density at radius 1 is 1.44 bits per heavy atom. The molecule has 54 valence electrons. The van der Waals surface area contributed by atoms with Crippen molar-refractivity contribution in [1.82, 2.24) is 5.06 Å². The van der Waals surface area contributed by atoms with Gasteiger partial charge in [-0.15, -0.1) is 0 Å². The lowest BCUT2D eigenvalue weighted by Crippen LogP contribution is -2.37. The summed E-state index contributed by atoms with van der Waals surface area (Å²) < 4.78 is 0. The maximum Gasteiger partial charge on any atom is 0.0324 e. The van der Waals surface area contributed by atoms with Gasteiger partial charge in [-0.1, -0.05) is 6.92 Å². The van der Waals surface area contributed by atoms with E-state index in [0.717, 1.165) is 25.3 Å². The maximum atomic E-state index is 9.13. The predicted molar refractivity (Wildman–Crippen MR) is 36.4 cm³/mol. The van der Waals surface area contributed by atoms with Gasteiger partial charge in [0.1, 0.15) is 0 Å². The first-order valence-electron chi connectivity index (χ1n) is 3.65. The Balaban J connectivity index is 2.35. The van der Waals surface area contributed by atoms with Gasteiger partial charge in [-0.2, -0.15) is 5.06 Å². The van der Waals surface area contributed by atoms with Crippen LogP contribution in [0.3, 0.4) is 0 Å². The molecule has 1 fully saturated rings. The first kappa shape index (κ1) is 7.03. The average Bonchev–Trinajstić information content (AvgIpc) is 1.80. The topological polar surface area (TPSA) is 23.5 Å². The molecule has 0 radical (unpaired) electrons. The molecule has 1 N–H and O–H groups in total.